The molecule has 0 saturated carbocycles. The lowest BCUT2D eigenvalue weighted by Gasteiger charge is -2.22. The van der Waals surface area contributed by atoms with Gasteiger partial charge in [0.1, 0.15) is 0 Å². The van der Waals surface area contributed by atoms with E-state index in [1.807, 2.05) is 30.3 Å². The van der Waals surface area contributed by atoms with Crippen LogP contribution in [-0.2, 0) is 4.79 Å². The highest BCUT2D eigenvalue weighted by atomic mass is 35.5. The number of unbranched alkanes of at least 4 members (excludes halogenated alkanes) is 1. The van der Waals surface area contributed by atoms with E-state index in [2.05, 4.69) is 12.2 Å². The number of halogens is 1. The molecule has 1 rings (SSSR count). The molecule has 0 aromatic heterocycles. The molecule has 5 heteroatoms. The number of urea groups is 1. The fourth-order valence-electron chi connectivity index (χ4n) is 1.61. The zero-order valence-corrected chi connectivity index (χ0v) is 11.8. The highest BCUT2D eigenvalue weighted by Crippen LogP contribution is 2.14. The third-order valence-electron chi connectivity index (χ3n) is 2.62. The first-order valence-corrected chi connectivity index (χ1v) is 6.94. The van der Waals surface area contributed by atoms with E-state index in [0.717, 1.165) is 18.5 Å². The Morgan fingerprint density at radius 3 is 2.53 bits per heavy atom. The Balaban J connectivity index is 2.73. The van der Waals surface area contributed by atoms with Crippen molar-refractivity contribution in [1.82, 2.24) is 5.32 Å². The van der Waals surface area contributed by atoms with Gasteiger partial charge in [0, 0.05) is 24.5 Å². The monoisotopic (exact) mass is 282 g/mol. The molecule has 104 valence electrons. The first kappa shape index (κ1) is 15.5. The van der Waals surface area contributed by atoms with E-state index in [1.165, 1.54) is 0 Å². The zero-order chi connectivity index (χ0) is 14.1. The molecule has 0 saturated heterocycles. The van der Waals surface area contributed by atoms with Crippen LogP contribution in [0.5, 0.6) is 0 Å². The Morgan fingerprint density at radius 2 is 1.95 bits per heavy atom. The third kappa shape index (κ3) is 5.30. The number of hydrogen-bond acceptors (Lipinski definition) is 2. The Hall–Kier alpha value is -1.55. The summed E-state index contributed by atoms with van der Waals surface area (Å²) in [7, 11) is 0. The Bertz CT molecular complexity index is 409. The number of anilines is 1. The van der Waals surface area contributed by atoms with Gasteiger partial charge in [-0.3, -0.25) is 15.0 Å². The van der Waals surface area contributed by atoms with E-state index in [-0.39, 0.29) is 18.2 Å². The molecular weight excluding hydrogens is 264 g/mol. The Labute approximate surface area is 118 Å². The van der Waals surface area contributed by atoms with Crippen LogP contribution in [0, 0.1) is 0 Å². The van der Waals surface area contributed by atoms with Crippen molar-refractivity contribution in [3.05, 3.63) is 30.3 Å². The molecule has 0 aliphatic carbocycles. The molecule has 0 spiro atoms. The number of rotatable bonds is 6. The van der Waals surface area contributed by atoms with Crippen LogP contribution in [0.15, 0.2) is 30.3 Å². The molecule has 19 heavy (non-hydrogen) atoms. The summed E-state index contributed by atoms with van der Waals surface area (Å²) in [5, 5.41) is 2.35. The van der Waals surface area contributed by atoms with Crippen molar-refractivity contribution in [3.63, 3.8) is 0 Å². The van der Waals surface area contributed by atoms with Crippen LogP contribution in [0.3, 0.4) is 0 Å². The predicted octanol–water partition coefficient (Wildman–Crippen LogP) is 3.16. The van der Waals surface area contributed by atoms with E-state index in [4.69, 9.17) is 11.6 Å². The maximum absolute atomic E-state index is 12.1. The lowest BCUT2D eigenvalue weighted by molar-refractivity contribution is -0.119. The van der Waals surface area contributed by atoms with Crippen LogP contribution in [0.1, 0.15) is 26.2 Å². The molecular formula is C14H19ClN2O2. The third-order valence-corrected chi connectivity index (χ3v) is 2.81. The standard InChI is InChI=1S/C14H19ClN2O2/c1-2-3-11-17(12-7-5-4-6-8-12)14(19)16-13(18)9-10-15/h4-8H,2-3,9-11H2,1H3,(H,16,18,19). The van der Waals surface area contributed by atoms with Gasteiger partial charge < -0.3 is 0 Å². The van der Waals surface area contributed by atoms with Crippen LogP contribution < -0.4 is 10.2 Å². The second kappa shape index (κ2) is 8.53. The summed E-state index contributed by atoms with van der Waals surface area (Å²) in [6.45, 7) is 2.64. The van der Waals surface area contributed by atoms with E-state index < -0.39 is 6.03 Å². The maximum atomic E-state index is 12.1. The summed E-state index contributed by atoms with van der Waals surface area (Å²) in [5.41, 5.74) is 0.784. The number of hydrogen-bond donors (Lipinski definition) is 1. The molecule has 1 aromatic rings. The van der Waals surface area contributed by atoms with Crippen LogP contribution in [0.4, 0.5) is 10.5 Å². The fraction of sp³-hybridized carbons (Fsp3) is 0.429. The van der Waals surface area contributed by atoms with Crippen molar-refractivity contribution >= 4 is 29.2 Å². The topological polar surface area (TPSA) is 49.4 Å². The highest BCUT2D eigenvalue weighted by molar-refractivity contribution is 6.19. The summed E-state index contributed by atoms with van der Waals surface area (Å²) < 4.78 is 0. The van der Waals surface area contributed by atoms with Gasteiger partial charge in [-0.05, 0) is 18.6 Å². The second-order valence-electron chi connectivity index (χ2n) is 4.13. The fourth-order valence-corrected chi connectivity index (χ4v) is 1.78. The van der Waals surface area contributed by atoms with Crippen molar-refractivity contribution in [1.29, 1.82) is 0 Å². The second-order valence-corrected chi connectivity index (χ2v) is 4.51. The van der Waals surface area contributed by atoms with Gasteiger partial charge in [-0.2, -0.15) is 0 Å². The summed E-state index contributed by atoms with van der Waals surface area (Å²) in [6.07, 6.45) is 2.00. The molecule has 0 bridgehead atoms. The van der Waals surface area contributed by atoms with Gasteiger partial charge in [0.2, 0.25) is 5.91 Å². The zero-order valence-electron chi connectivity index (χ0n) is 11.1. The number of carbonyl (C=O) groups excluding carboxylic acids is 2. The largest absolute Gasteiger partial charge is 0.328 e. The predicted molar refractivity (Wildman–Crippen MR) is 77.6 cm³/mol. The van der Waals surface area contributed by atoms with Crippen molar-refractivity contribution in [3.8, 4) is 0 Å². The van der Waals surface area contributed by atoms with Gasteiger partial charge >= 0.3 is 6.03 Å². The molecule has 0 aliphatic rings. The molecule has 1 N–H and O–H groups in total. The number of alkyl halides is 1. The summed E-state index contributed by atoms with van der Waals surface area (Å²) in [5.74, 6) is -0.142. The van der Waals surface area contributed by atoms with Gasteiger partial charge in [-0.15, -0.1) is 11.6 Å². The van der Waals surface area contributed by atoms with Crippen LogP contribution in [0.2, 0.25) is 0 Å². The number of nitrogens with zero attached hydrogens (tertiary/aromatic N) is 1. The number of benzene rings is 1. The van der Waals surface area contributed by atoms with Gasteiger partial charge in [0.15, 0.2) is 0 Å². The Kier molecular flexibility index (Phi) is 6.97. The Morgan fingerprint density at radius 1 is 1.26 bits per heavy atom. The molecule has 0 aliphatic heterocycles. The van der Waals surface area contributed by atoms with E-state index in [9.17, 15) is 9.59 Å². The summed E-state index contributed by atoms with van der Waals surface area (Å²) in [4.78, 5) is 25.1. The van der Waals surface area contributed by atoms with Gasteiger partial charge in [0.05, 0.1) is 0 Å². The maximum Gasteiger partial charge on any atom is 0.328 e. The molecule has 0 atom stereocenters. The minimum atomic E-state index is -0.394. The van der Waals surface area contributed by atoms with Crippen molar-refractivity contribution in [2.24, 2.45) is 0 Å². The van der Waals surface area contributed by atoms with E-state index >= 15 is 0 Å². The molecule has 0 radical (unpaired) electrons. The molecule has 0 heterocycles. The minimum absolute atomic E-state index is 0.143. The quantitative estimate of drug-likeness (QED) is 0.815. The average Bonchev–Trinajstić information content (AvgIpc) is 2.40. The first-order valence-electron chi connectivity index (χ1n) is 6.41. The lowest BCUT2D eigenvalue weighted by atomic mass is 10.2. The number of amides is 3. The normalized spacial score (nSPS) is 10.0. The molecule has 0 fully saturated rings. The first-order chi connectivity index (χ1) is 9.19. The van der Waals surface area contributed by atoms with Crippen molar-refractivity contribution < 1.29 is 9.59 Å². The highest BCUT2D eigenvalue weighted by Gasteiger charge is 2.17. The number of carbonyl (C=O) groups is 2. The van der Waals surface area contributed by atoms with Crippen LogP contribution >= 0.6 is 11.6 Å². The van der Waals surface area contributed by atoms with Crippen molar-refractivity contribution in [2.45, 2.75) is 26.2 Å². The average molecular weight is 283 g/mol. The van der Waals surface area contributed by atoms with E-state index in [1.54, 1.807) is 4.90 Å². The van der Waals surface area contributed by atoms with Crippen LogP contribution in [0.25, 0.3) is 0 Å². The van der Waals surface area contributed by atoms with E-state index in [0.29, 0.717) is 6.54 Å². The van der Waals surface area contributed by atoms with Gasteiger partial charge in [-0.25, -0.2) is 4.79 Å². The number of imide groups is 1. The SMILES string of the molecule is CCCCN(C(=O)NC(=O)CCCl)c1ccccc1. The smallest absolute Gasteiger partial charge is 0.294 e. The van der Waals surface area contributed by atoms with Crippen LogP contribution in [-0.4, -0.2) is 24.4 Å². The van der Waals surface area contributed by atoms with Gasteiger partial charge in [0.25, 0.3) is 0 Å². The molecule has 1 aromatic carbocycles. The molecule has 3 amide bonds. The summed E-state index contributed by atoms with van der Waals surface area (Å²) >= 11 is 5.47. The lowest BCUT2D eigenvalue weighted by Crippen LogP contribution is -2.43. The van der Waals surface area contributed by atoms with Gasteiger partial charge in [-0.1, -0.05) is 31.5 Å². The number of nitrogens with one attached hydrogen (secondary N) is 1. The number of para-hydroxylation sites is 1. The van der Waals surface area contributed by atoms with Crippen molar-refractivity contribution in [2.75, 3.05) is 17.3 Å². The minimum Gasteiger partial charge on any atom is -0.294 e. The molecule has 0 unspecified atom stereocenters. The summed E-state index contributed by atoms with van der Waals surface area (Å²) in [6, 6.07) is 8.92. The molecule has 4 nitrogen and oxygen atoms in total.